The number of carbonyl (C=O) groups is 2. The maximum absolute atomic E-state index is 12.6. The molecule has 2 amide bonds. The summed E-state index contributed by atoms with van der Waals surface area (Å²) in [5, 5.41) is 0. The first-order valence-electron chi connectivity index (χ1n) is 6.80. The molecule has 2 aliphatic carbocycles. The zero-order chi connectivity index (χ0) is 13.1. The molecule has 2 bridgehead atoms. The Kier molecular flexibility index (Phi) is 2.53. The largest absolute Gasteiger partial charge is 0.274 e. The van der Waals surface area contributed by atoms with Crippen molar-refractivity contribution in [3.05, 3.63) is 27.8 Å². The van der Waals surface area contributed by atoms with Gasteiger partial charge in [-0.15, -0.1) is 0 Å². The number of hydrogen-bond donors (Lipinski definition) is 0. The molecule has 98 valence electrons. The van der Waals surface area contributed by atoms with Gasteiger partial charge in [0.15, 0.2) is 0 Å². The van der Waals surface area contributed by atoms with E-state index < -0.39 is 0 Å². The summed E-state index contributed by atoms with van der Waals surface area (Å²) in [6, 6.07) is 7.64. The summed E-state index contributed by atoms with van der Waals surface area (Å²) in [6.07, 6.45) is 3.35. The fraction of sp³-hybridized carbons (Fsp3) is 0.467. The van der Waals surface area contributed by atoms with Crippen molar-refractivity contribution < 1.29 is 9.59 Å². The normalized spacial score (nSPS) is 36.2. The maximum Gasteiger partial charge on any atom is 0.237 e. The van der Waals surface area contributed by atoms with Crippen molar-refractivity contribution in [2.45, 2.75) is 19.3 Å². The number of anilines is 1. The molecule has 0 N–H and O–H groups in total. The van der Waals surface area contributed by atoms with E-state index in [-0.39, 0.29) is 23.7 Å². The fourth-order valence-electron chi connectivity index (χ4n) is 4.25. The Morgan fingerprint density at radius 2 is 1.47 bits per heavy atom. The molecule has 1 aromatic rings. The van der Waals surface area contributed by atoms with Gasteiger partial charge in [0.25, 0.3) is 0 Å². The van der Waals surface area contributed by atoms with Crippen LogP contribution in [0.15, 0.2) is 24.3 Å². The molecule has 3 aliphatic rings. The van der Waals surface area contributed by atoms with Crippen LogP contribution >= 0.6 is 22.6 Å². The first kappa shape index (κ1) is 11.9. The lowest BCUT2D eigenvalue weighted by atomic mass is 9.81. The number of hydrogen-bond acceptors (Lipinski definition) is 2. The Morgan fingerprint density at radius 3 is 2.00 bits per heavy atom. The second-order valence-corrected chi connectivity index (χ2v) is 7.12. The maximum atomic E-state index is 12.6. The van der Waals surface area contributed by atoms with Gasteiger partial charge in [-0.3, -0.25) is 14.5 Å². The third-order valence-electron chi connectivity index (χ3n) is 5.01. The highest BCUT2D eigenvalue weighted by Crippen LogP contribution is 2.56. The molecule has 3 nitrogen and oxygen atoms in total. The van der Waals surface area contributed by atoms with E-state index in [1.807, 2.05) is 24.3 Å². The van der Waals surface area contributed by atoms with Gasteiger partial charge in [-0.2, -0.15) is 0 Å². The lowest BCUT2D eigenvalue weighted by Gasteiger charge is -2.19. The predicted octanol–water partition coefficient (Wildman–Crippen LogP) is 2.83. The van der Waals surface area contributed by atoms with Crippen molar-refractivity contribution in [2.24, 2.45) is 23.7 Å². The summed E-state index contributed by atoms with van der Waals surface area (Å²) in [6.45, 7) is 0. The standard InChI is InChI=1S/C15H14INO2/c16-10-3-5-11(6-4-10)17-14(18)12-8-1-2-9(7-8)13(12)15(17)19/h3-6,8-9,12-13H,1-2,7H2/t8-,9-,12-,13-/m0/s1. The average Bonchev–Trinajstić information content (AvgIpc) is 3.06. The van der Waals surface area contributed by atoms with Gasteiger partial charge in [0.2, 0.25) is 11.8 Å². The number of nitrogens with zero attached hydrogens (tertiary/aromatic N) is 1. The van der Waals surface area contributed by atoms with Crippen molar-refractivity contribution in [3.8, 4) is 0 Å². The van der Waals surface area contributed by atoms with Crippen LogP contribution in [-0.2, 0) is 9.59 Å². The van der Waals surface area contributed by atoms with Gasteiger partial charge in [0.1, 0.15) is 0 Å². The van der Waals surface area contributed by atoms with Gasteiger partial charge in [-0.05, 0) is 78.0 Å². The fourth-order valence-corrected chi connectivity index (χ4v) is 4.61. The smallest absolute Gasteiger partial charge is 0.237 e. The third kappa shape index (κ3) is 1.55. The molecule has 1 saturated heterocycles. The van der Waals surface area contributed by atoms with Crippen molar-refractivity contribution in [2.75, 3.05) is 4.90 Å². The molecule has 1 aliphatic heterocycles. The molecular weight excluding hydrogens is 353 g/mol. The summed E-state index contributed by atoms with van der Waals surface area (Å²) >= 11 is 2.23. The molecular formula is C15H14INO2. The molecule has 1 heterocycles. The molecule has 4 atom stereocenters. The van der Waals surface area contributed by atoms with E-state index >= 15 is 0 Å². The average molecular weight is 367 g/mol. The molecule has 0 spiro atoms. The van der Waals surface area contributed by atoms with Crippen LogP contribution in [0.1, 0.15) is 19.3 Å². The third-order valence-corrected chi connectivity index (χ3v) is 5.73. The van der Waals surface area contributed by atoms with Gasteiger partial charge in [-0.1, -0.05) is 0 Å². The summed E-state index contributed by atoms with van der Waals surface area (Å²) in [5.74, 6) is 0.962. The minimum absolute atomic E-state index is 0.0227. The van der Waals surface area contributed by atoms with E-state index in [1.54, 1.807) is 0 Å². The zero-order valence-electron chi connectivity index (χ0n) is 10.4. The minimum atomic E-state index is -0.0227. The quantitative estimate of drug-likeness (QED) is 0.566. The van der Waals surface area contributed by atoms with Crippen LogP contribution in [0, 0.1) is 27.2 Å². The Balaban J connectivity index is 1.73. The summed E-state index contributed by atoms with van der Waals surface area (Å²) in [7, 11) is 0. The number of rotatable bonds is 1. The van der Waals surface area contributed by atoms with Gasteiger partial charge in [-0.25, -0.2) is 0 Å². The SMILES string of the molecule is O=C1[C@H]2[C@H]3CC[C@@H](C3)[C@@H]2C(=O)N1c1ccc(I)cc1. The predicted molar refractivity (Wildman–Crippen MR) is 79.5 cm³/mol. The lowest BCUT2D eigenvalue weighted by Crippen LogP contribution is -2.32. The van der Waals surface area contributed by atoms with Crippen molar-refractivity contribution in [1.29, 1.82) is 0 Å². The van der Waals surface area contributed by atoms with Crippen LogP contribution in [0.25, 0.3) is 0 Å². The Labute approximate surface area is 125 Å². The van der Waals surface area contributed by atoms with Crippen molar-refractivity contribution >= 4 is 40.1 Å². The van der Waals surface area contributed by atoms with Gasteiger partial charge >= 0.3 is 0 Å². The second-order valence-electron chi connectivity index (χ2n) is 5.87. The summed E-state index contributed by atoms with van der Waals surface area (Å²) in [5.41, 5.74) is 0.740. The van der Waals surface area contributed by atoms with Crippen LogP contribution in [0.5, 0.6) is 0 Å². The van der Waals surface area contributed by atoms with E-state index in [4.69, 9.17) is 0 Å². The van der Waals surface area contributed by atoms with Crippen LogP contribution < -0.4 is 4.90 Å². The molecule has 4 heteroatoms. The van der Waals surface area contributed by atoms with Crippen LogP contribution in [0.2, 0.25) is 0 Å². The Bertz CT molecular complexity index is 540. The summed E-state index contributed by atoms with van der Waals surface area (Å²) < 4.78 is 1.11. The number of benzene rings is 1. The van der Waals surface area contributed by atoms with Crippen molar-refractivity contribution in [3.63, 3.8) is 0 Å². The van der Waals surface area contributed by atoms with Crippen LogP contribution in [0.3, 0.4) is 0 Å². The molecule has 19 heavy (non-hydrogen) atoms. The van der Waals surface area contributed by atoms with E-state index in [0.717, 1.165) is 28.5 Å². The van der Waals surface area contributed by atoms with Gasteiger partial charge < -0.3 is 0 Å². The zero-order valence-corrected chi connectivity index (χ0v) is 12.5. The number of amides is 2. The highest BCUT2D eigenvalue weighted by Gasteiger charge is 2.61. The van der Waals surface area contributed by atoms with Gasteiger partial charge in [0.05, 0.1) is 17.5 Å². The van der Waals surface area contributed by atoms with E-state index in [9.17, 15) is 9.59 Å². The first-order valence-corrected chi connectivity index (χ1v) is 7.88. The number of fused-ring (bicyclic) bond motifs is 5. The van der Waals surface area contributed by atoms with E-state index in [0.29, 0.717) is 11.8 Å². The highest BCUT2D eigenvalue weighted by molar-refractivity contribution is 14.1. The molecule has 0 unspecified atom stereocenters. The Morgan fingerprint density at radius 1 is 0.947 bits per heavy atom. The molecule has 1 aromatic carbocycles. The number of halogens is 1. The van der Waals surface area contributed by atoms with Crippen LogP contribution in [-0.4, -0.2) is 11.8 Å². The molecule has 2 saturated carbocycles. The molecule has 3 fully saturated rings. The van der Waals surface area contributed by atoms with E-state index in [1.165, 1.54) is 4.90 Å². The van der Waals surface area contributed by atoms with Crippen LogP contribution in [0.4, 0.5) is 5.69 Å². The highest BCUT2D eigenvalue weighted by atomic mass is 127. The summed E-state index contributed by atoms with van der Waals surface area (Å²) in [4.78, 5) is 26.6. The topological polar surface area (TPSA) is 37.4 Å². The minimum Gasteiger partial charge on any atom is -0.274 e. The molecule has 0 radical (unpaired) electrons. The monoisotopic (exact) mass is 367 g/mol. The second kappa shape index (κ2) is 4.04. The van der Waals surface area contributed by atoms with E-state index in [2.05, 4.69) is 22.6 Å². The molecule has 4 rings (SSSR count). The number of imide groups is 1. The van der Waals surface area contributed by atoms with Gasteiger partial charge in [0, 0.05) is 3.57 Å². The van der Waals surface area contributed by atoms with Crippen molar-refractivity contribution in [1.82, 2.24) is 0 Å². The first-order chi connectivity index (χ1) is 9.16. The lowest BCUT2D eigenvalue weighted by molar-refractivity contribution is -0.123. The number of carbonyl (C=O) groups excluding carboxylic acids is 2. The molecule has 0 aromatic heterocycles. The Hall–Kier alpha value is -0.910.